The first-order valence-electron chi connectivity index (χ1n) is 10.6. The van der Waals surface area contributed by atoms with Crippen LogP contribution in [0.25, 0.3) is 0 Å². The number of carbonyl (C=O) groups excluding carboxylic acids is 1. The molecule has 3 atom stereocenters. The molecule has 0 aliphatic carbocycles. The molecule has 0 aromatic rings. The largest absolute Gasteiger partial charge is 0.469 e. The van der Waals surface area contributed by atoms with Crippen molar-refractivity contribution >= 4 is 5.97 Å². The Labute approximate surface area is 162 Å². The van der Waals surface area contributed by atoms with Gasteiger partial charge in [-0.05, 0) is 25.7 Å². The third-order valence-electron chi connectivity index (χ3n) is 3.19. The van der Waals surface area contributed by atoms with E-state index < -0.39 is 24.3 Å². The summed E-state index contributed by atoms with van der Waals surface area (Å²) in [5, 5.41) is 29.2. The lowest BCUT2D eigenvalue weighted by Gasteiger charge is -2.03. The van der Waals surface area contributed by atoms with Crippen LogP contribution >= 0.6 is 0 Å². The van der Waals surface area contributed by atoms with Gasteiger partial charge in [0.1, 0.15) is 0 Å². The third kappa shape index (κ3) is 15.6. The number of hydrogen-bond donors (Lipinski definition) is 3. The minimum absolute atomic E-state index is 0.0814. The Balaban J connectivity index is 4.68. The molecule has 0 fully saturated rings. The van der Waals surface area contributed by atoms with Gasteiger partial charge in [0.25, 0.3) is 0 Å². The first-order chi connectivity index (χ1) is 14.1. The van der Waals surface area contributed by atoms with E-state index in [0.29, 0.717) is 12.8 Å². The summed E-state index contributed by atoms with van der Waals surface area (Å²) in [5.41, 5.74) is 0. The van der Waals surface area contributed by atoms with Gasteiger partial charge in [0.2, 0.25) is 0 Å². The van der Waals surface area contributed by atoms with Gasteiger partial charge in [-0.25, -0.2) is 0 Å². The summed E-state index contributed by atoms with van der Waals surface area (Å²) >= 11 is 0. The van der Waals surface area contributed by atoms with E-state index in [1.54, 1.807) is 6.92 Å². The maximum absolute atomic E-state index is 11.0. The van der Waals surface area contributed by atoms with Crippen LogP contribution in [0.3, 0.4) is 0 Å². The zero-order valence-electron chi connectivity index (χ0n) is 19.4. The van der Waals surface area contributed by atoms with Gasteiger partial charge in [0.05, 0.1) is 30.9 Å². The summed E-state index contributed by atoms with van der Waals surface area (Å²) in [5.74, 6) is -0.398. The van der Waals surface area contributed by atoms with Gasteiger partial charge in [0, 0.05) is 6.42 Å². The fraction of sp³-hybridized carbons (Fsp3) is 0.476. The molecule has 0 spiro atoms. The minimum Gasteiger partial charge on any atom is -0.469 e. The highest BCUT2D eigenvalue weighted by atomic mass is 16.5. The molecule has 0 aliphatic rings. The van der Waals surface area contributed by atoms with Gasteiger partial charge in [-0.1, -0.05) is 67.6 Å². The summed E-state index contributed by atoms with van der Waals surface area (Å²) in [6.07, 6.45) is 6.51. The van der Waals surface area contributed by atoms with Crippen LogP contribution in [-0.4, -0.2) is 46.7 Å². The number of methoxy groups -OCH3 is 1. The Morgan fingerprint density at radius 1 is 1.04 bits per heavy atom. The number of aliphatic hydroxyl groups excluding tert-OH is 3. The number of hydrogen-bond acceptors (Lipinski definition) is 5. The molecule has 26 heavy (non-hydrogen) atoms. The SMILES string of the molecule is [2H]C(C=CC(O)CC)=C([2H])C[C@@H](O)C=CC=CC([2H])=C([2H])[C@@H](O)CCCC(=O)OC. The number of allylic oxidation sites excluding steroid dienone is 6. The highest BCUT2D eigenvalue weighted by Gasteiger charge is 2.03. The second kappa shape index (κ2) is 16.5. The van der Waals surface area contributed by atoms with Crippen molar-refractivity contribution in [3.05, 3.63) is 60.7 Å². The first-order valence-corrected chi connectivity index (χ1v) is 8.60. The van der Waals surface area contributed by atoms with Crippen molar-refractivity contribution < 1.29 is 30.3 Å². The van der Waals surface area contributed by atoms with Crippen LogP contribution in [0.15, 0.2) is 60.7 Å². The van der Waals surface area contributed by atoms with Gasteiger partial charge >= 0.3 is 5.97 Å². The van der Waals surface area contributed by atoms with Crippen molar-refractivity contribution in [2.24, 2.45) is 0 Å². The Kier molecular flexibility index (Phi) is 11.1. The van der Waals surface area contributed by atoms with Gasteiger partial charge in [-0.15, -0.1) is 0 Å². The molecular weight excluding hydrogens is 332 g/mol. The van der Waals surface area contributed by atoms with E-state index in [0.717, 1.165) is 0 Å². The summed E-state index contributed by atoms with van der Waals surface area (Å²) in [6, 6.07) is -0.655. The summed E-state index contributed by atoms with van der Waals surface area (Å²) in [6.45, 7) is 1.79. The lowest BCUT2D eigenvalue weighted by Crippen LogP contribution is -2.05. The minimum atomic E-state index is -1.16. The molecule has 146 valence electrons. The maximum Gasteiger partial charge on any atom is 0.305 e. The molecule has 0 radical (unpaired) electrons. The molecule has 0 rings (SSSR count). The molecule has 0 saturated carbocycles. The Hall–Kier alpha value is -1.95. The highest BCUT2D eigenvalue weighted by molar-refractivity contribution is 5.68. The molecule has 0 heterocycles. The van der Waals surface area contributed by atoms with E-state index in [2.05, 4.69) is 4.74 Å². The van der Waals surface area contributed by atoms with Crippen molar-refractivity contribution in [3.63, 3.8) is 0 Å². The van der Waals surface area contributed by atoms with Crippen molar-refractivity contribution in [2.75, 3.05) is 7.11 Å². The first kappa shape index (κ1) is 17.5. The normalized spacial score (nSPS) is 20.0. The Morgan fingerprint density at radius 3 is 2.46 bits per heavy atom. The molecule has 3 N–H and O–H groups in total. The summed E-state index contributed by atoms with van der Waals surface area (Å²) < 4.78 is 35.6. The van der Waals surface area contributed by atoms with Gasteiger partial charge in [-0.3, -0.25) is 4.79 Å². The van der Waals surface area contributed by atoms with Crippen molar-refractivity contribution in [1.82, 2.24) is 0 Å². The van der Waals surface area contributed by atoms with Gasteiger partial charge in [-0.2, -0.15) is 0 Å². The molecule has 0 aliphatic heterocycles. The van der Waals surface area contributed by atoms with Crippen molar-refractivity contribution in [1.29, 1.82) is 0 Å². The van der Waals surface area contributed by atoms with Crippen LogP contribution in [0.5, 0.6) is 0 Å². The maximum atomic E-state index is 11.0. The van der Waals surface area contributed by atoms with Crippen LogP contribution in [0.4, 0.5) is 0 Å². The summed E-state index contributed by atoms with van der Waals surface area (Å²) in [7, 11) is 1.27. The topological polar surface area (TPSA) is 87.0 Å². The molecule has 0 aromatic carbocycles. The zero-order chi connectivity index (χ0) is 23.1. The molecule has 1 unspecified atom stereocenters. The number of ether oxygens (including phenoxy) is 1. The Bertz CT molecular complexity index is 683. The lowest BCUT2D eigenvalue weighted by atomic mass is 10.1. The lowest BCUT2D eigenvalue weighted by molar-refractivity contribution is -0.140. The molecule has 0 saturated heterocycles. The number of rotatable bonds is 13. The van der Waals surface area contributed by atoms with Crippen LogP contribution in [-0.2, 0) is 9.53 Å². The predicted molar refractivity (Wildman–Crippen MR) is 104 cm³/mol. The molecule has 0 bridgehead atoms. The van der Waals surface area contributed by atoms with Gasteiger partial charge < -0.3 is 20.1 Å². The van der Waals surface area contributed by atoms with E-state index in [9.17, 15) is 20.1 Å². The monoisotopic (exact) mass is 368 g/mol. The second-order valence-electron chi connectivity index (χ2n) is 5.44. The van der Waals surface area contributed by atoms with E-state index >= 15 is 0 Å². The molecule has 0 amide bonds. The molecule has 0 aromatic heterocycles. The molecule has 5 heteroatoms. The quantitative estimate of drug-likeness (QED) is 0.344. The van der Waals surface area contributed by atoms with E-state index in [-0.39, 0.29) is 43.5 Å². The number of carbonyl (C=O) groups is 1. The fourth-order valence-corrected chi connectivity index (χ4v) is 1.64. The Morgan fingerprint density at radius 2 is 1.77 bits per heavy atom. The number of esters is 1. The van der Waals surface area contributed by atoms with Crippen molar-refractivity contribution in [3.8, 4) is 0 Å². The van der Waals surface area contributed by atoms with E-state index in [1.807, 2.05) is 0 Å². The summed E-state index contributed by atoms with van der Waals surface area (Å²) in [4.78, 5) is 11.0. The van der Waals surface area contributed by atoms with Crippen LogP contribution < -0.4 is 0 Å². The van der Waals surface area contributed by atoms with Gasteiger partial charge in [0.15, 0.2) is 0 Å². The number of aliphatic hydroxyl groups is 3. The van der Waals surface area contributed by atoms with Crippen LogP contribution in [0.2, 0.25) is 0 Å². The van der Waals surface area contributed by atoms with E-state index in [1.165, 1.54) is 43.6 Å². The van der Waals surface area contributed by atoms with E-state index in [4.69, 9.17) is 5.48 Å². The van der Waals surface area contributed by atoms with Crippen LogP contribution in [0, 0.1) is 0 Å². The third-order valence-corrected chi connectivity index (χ3v) is 3.19. The molecule has 5 nitrogen and oxygen atoms in total. The average molecular weight is 369 g/mol. The highest BCUT2D eigenvalue weighted by Crippen LogP contribution is 2.03. The second-order valence-corrected chi connectivity index (χ2v) is 5.44. The fourth-order valence-electron chi connectivity index (χ4n) is 1.64. The predicted octanol–water partition coefficient (Wildman–Crippen LogP) is 2.99. The average Bonchev–Trinajstić information content (AvgIpc) is 2.73. The van der Waals surface area contributed by atoms with Crippen LogP contribution in [0.1, 0.15) is 44.5 Å². The smallest absolute Gasteiger partial charge is 0.305 e. The van der Waals surface area contributed by atoms with Crippen molar-refractivity contribution in [2.45, 2.75) is 57.3 Å². The molecular formula is C21H32O5. The standard InChI is InChI=1S/C21H32O5/c1-3-18(22)12-9-6-10-15-19(23)13-7-4-5-8-14-20(24)16-11-17-21(25)26-2/h4-10,12-14,18-20,22-24H,3,11,15-17H2,1-2H3/t18?,19-,20+/m0/s1/i6D,8D,10D,14D. The zero-order valence-corrected chi connectivity index (χ0v) is 15.4.